The molecule has 1 aliphatic heterocycles. The highest BCUT2D eigenvalue weighted by molar-refractivity contribution is 5.78. The van der Waals surface area contributed by atoms with Crippen LogP contribution in [0.25, 0.3) is 0 Å². The smallest absolute Gasteiger partial charge is 0.223 e. The minimum absolute atomic E-state index is 0.324. The average molecular weight is 193 g/mol. The van der Waals surface area contributed by atoms with Crippen LogP contribution in [0.4, 0.5) is 0 Å². The van der Waals surface area contributed by atoms with Crippen molar-refractivity contribution in [2.24, 2.45) is 11.8 Å². The first kappa shape index (κ1) is 9.75. The van der Waals surface area contributed by atoms with E-state index in [1.807, 2.05) is 6.08 Å². The number of fused-ring (bicyclic) bond motifs is 1. The lowest BCUT2D eigenvalue weighted by molar-refractivity contribution is -0.133. The van der Waals surface area contributed by atoms with Crippen molar-refractivity contribution in [3.05, 3.63) is 12.7 Å². The summed E-state index contributed by atoms with van der Waals surface area (Å²) in [6, 6.07) is 0.884. The van der Waals surface area contributed by atoms with Crippen molar-refractivity contribution in [3.8, 4) is 0 Å². The van der Waals surface area contributed by atoms with Gasteiger partial charge in [-0.05, 0) is 24.7 Å². The summed E-state index contributed by atoms with van der Waals surface area (Å²) in [6.45, 7) is 8.01. The van der Waals surface area contributed by atoms with Crippen LogP contribution in [0.15, 0.2) is 12.7 Å². The van der Waals surface area contributed by atoms with Crippen molar-refractivity contribution >= 4 is 5.91 Å². The van der Waals surface area contributed by atoms with Crippen molar-refractivity contribution in [1.82, 2.24) is 4.90 Å². The van der Waals surface area contributed by atoms with E-state index in [1.54, 1.807) is 0 Å². The van der Waals surface area contributed by atoms with E-state index in [9.17, 15) is 4.79 Å². The molecule has 0 spiro atoms. The maximum atomic E-state index is 11.9. The summed E-state index contributed by atoms with van der Waals surface area (Å²) in [5, 5.41) is 0. The van der Waals surface area contributed by atoms with Gasteiger partial charge >= 0.3 is 0 Å². The fourth-order valence-corrected chi connectivity index (χ4v) is 2.53. The SMILES string of the molecule is C=CC1CC2CC2N1C(=O)CC(C)C. The molecular weight excluding hydrogens is 174 g/mol. The highest BCUT2D eigenvalue weighted by Crippen LogP contribution is 2.48. The molecule has 2 aliphatic rings. The van der Waals surface area contributed by atoms with Crippen molar-refractivity contribution in [2.75, 3.05) is 0 Å². The lowest BCUT2D eigenvalue weighted by Gasteiger charge is -2.25. The first-order chi connectivity index (χ1) is 6.63. The summed E-state index contributed by atoms with van der Waals surface area (Å²) in [7, 11) is 0. The largest absolute Gasteiger partial charge is 0.333 e. The van der Waals surface area contributed by atoms with E-state index in [0.29, 0.717) is 30.3 Å². The van der Waals surface area contributed by atoms with Gasteiger partial charge in [-0.2, -0.15) is 0 Å². The third-order valence-corrected chi connectivity index (χ3v) is 3.29. The topological polar surface area (TPSA) is 20.3 Å². The first-order valence-corrected chi connectivity index (χ1v) is 5.57. The zero-order valence-electron chi connectivity index (χ0n) is 9.07. The standard InChI is InChI=1S/C12H19NO/c1-4-10-6-9-7-11(9)13(10)12(14)5-8(2)3/h4,8-11H,1,5-7H2,2-3H3. The molecule has 0 radical (unpaired) electrons. The van der Waals surface area contributed by atoms with Gasteiger partial charge in [0, 0.05) is 12.5 Å². The Morgan fingerprint density at radius 1 is 1.57 bits per heavy atom. The molecule has 2 heteroatoms. The van der Waals surface area contributed by atoms with Crippen LogP contribution in [0.5, 0.6) is 0 Å². The second kappa shape index (κ2) is 3.41. The molecule has 0 aromatic heterocycles. The Bertz CT molecular complexity index is 259. The maximum absolute atomic E-state index is 11.9. The number of amides is 1. The Morgan fingerprint density at radius 2 is 2.29 bits per heavy atom. The predicted molar refractivity (Wildman–Crippen MR) is 56.8 cm³/mol. The normalized spacial score (nSPS) is 34.5. The van der Waals surface area contributed by atoms with Gasteiger partial charge in [0.15, 0.2) is 0 Å². The molecule has 2 fully saturated rings. The van der Waals surface area contributed by atoms with Crippen molar-refractivity contribution in [3.63, 3.8) is 0 Å². The van der Waals surface area contributed by atoms with E-state index in [4.69, 9.17) is 0 Å². The highest BCUT2D eigenvalue weighted by atomic mass is 16.2. The van der Waals surface area contributed by atoms with Gasteiger partial charge in [-0.25, -0.2) is 0 Å². The second-order valence-corrected chi connectivity index (χ2v) is 5.00. The highest BCUT2D eigenvalue weighted by Gasteiger charge is 2.52. The molecule has 2 nitrogen and oxygen atoms in total. The van der Waals surface area contributed by atoms with Crippen molar-refractivity contribution in [2.45, 2.75) is 45.2 Å². The number of hydrogen-bond acceptors (Lipinski definition) is 1. The third kappa shape index (κ3) is 1.58. The zero-order valence-corrected chi connectivity index (χ0v) is 9.07. The number of hydrogen-bond donors (Lipinski definition) is 0. The minimum Gasteiger partial charge on any atom is -0.333 e. The van der Waals surface area contributed by atoms with E-state index in [1.165, 1.54) is 6.42 Å². The minimum atomic E-state index is 0.324. The molecule has 1 aliphatic carbocycles. The third-order valence-electron chi connectivity index (χ3n) is 3.29. The van der Waals surface area contributed by atoms with Gasteiger partial charge < -0.3 is 4.90 Å². The van der Waals surface area contributed by atoms with Crippen LogP contribution in [0.3, 0.4) is 0 Å². The number of rotatable bonds is 3. The monoisotopic (exact) mass is 193 g/mol. The van der Waals surface area contributed by atoms with E-state index >= 15 is 0 Å². The molecule has 0 aromatic carbocycles. The Kier molecular flexibility index (Phi) is 2.38. The van der Waals surface area contributed by atoms with Gasteiger partial charge in [-0.3, -0.25) is 4.79 Å². The fraction of sp³-hybridized carbons (Fsp3) is 0.750. The van der Waals surface area contributed by atoms with Crippen LogP contribution in [0.1, 0.15) is 33.1 Å². The molecule has 0 aromatic rings. The summed E-state index contributed by atoms with van der Waals surface area (Å²) in [5.41, 5.74) is 0. The predicted octanol–water partition coefficient (Wildman–Crippen LogP) is 2.21. The second-order valence-electron chi connectivity index (χ2n) is 5.00. The lowest BCUT2D eigenvalue weighted by Crippen LogP contribution is -2.37. The van der Waals surface area contributed by atoms with Gasteiger partial charge in [0.1, 0.15) is 0 Å². The molecule has 1 heterocycles. The number of carbonyl (C=O) groups excluding carboxylic acids is 1. The molecule has 0 N–H and O–H groups in total. The number of piperidine rings is 1. The van der Waals surface area contributed by atoms with Gasteiger partial charge in [0.25, 0.3) is 0 Å². The van der Waals surface area contributed by atoms with Crippen LogP contribution >= 0.6 is 0 Å². The quantitative estimate of drug-likeness (QED) is 0.629. The Balaban J connectivity index is 2.01. The molecule has 14 heavy (non-hydrogen) atoms. The van der Waals surface area contributed by atoms with Crippen LogP contribution in [-0.2, 0) is 4.79 Å². The molecule has 0 bridgehead atoms. The summed E-state index contributed by atoms with van der Waals surface area (Å²) in [4.78, 5) is 14.0. The molecule has 3 atom stereocenters. The van der Waals surface area contributed by atoms with Crippen LogP contribution < -0.4 is 0 Å². The van der Waals surface area contributed by atoms with Crippen molar-refractivity contribution < 1.29 is 4.79 Å². The fourth-order valence-electron chi connectivity index (χ4n) is 2.53. The Morgan fingerprint density at radius 3 is 2.86 bits per heavy atom. The van der Waals surface area contributed by atoms with E-state index in [0.717, 1.165) is 12.3 Å². The van der Waals surface area contributed by atoms with Crippen LogP contribution in [-0.4, -0.2) is 22.9 Å². The van der Waals surface area contributed by atoms with Gasteiger partial charge in [-0.1, -0.05) is 19.9 Å². The Hall–Kier alpha value is -0.790. The Labute approximate surface area is 86.0 Å². The van der Waals surface area contributed by atoms with Crippen LogP contribution in [0.2, 0.25) is 0 Å². The number of carbonyl (C=O) groups is 1. The van der Waals surface area contributed by atoms with Gasteiger partial charge in [0.2, 0.25) is 5.91 Å². The molecule has 1 saturated carbocycles. The van der Waals surface area contributed by atoms with E-state index < -0.39 is 0 Å². The summed E-state index contributed by atoms with van der Waals surface area (Å²) in [5.74, 6) is 1.58. The maximum Gasteiger partial charge on any atom is 0.223 e. The van der Waals surface area contributed by atoms with E-state index in [2.05, 4.69) is 25.3 Å². The molecule has 2 rings (SSSR count). The first-order valence-electron chi connectivity index (χ1n) is 5.57. The van der Waals surface area contributed by atoms with Gasteiger partial charge in [-0.15, -0.1) is 6.58 Å². The van der Waals surface area contributed by atoms with Crippen LogP contribution in [0, 0.1) is 11.8 Å². The summed E-state index contributed by atoms with van der Waals surface area (Å²) < 4.78 is 0. The lowest BCUT2D eigenvalue weighted by atomic mass is 10.1. The number of nitrogens with zero attached hydrogens (tertiary/aromatic N) is 1. The molecular formula is C12H19NO. The molecule has 78 valence electrons. The molecule has 3 unspecified atom stereocenters. The van der Waals surface area contributed by atoms with Crippen molar-refractivity contribution in [1.29, 1.82) is 0 Å². The number of likely N-dealkylation sites (tertiary alicyclic amines) is 1. The molecule has 1 saturated heterocycles. The van der Waals surface area contributed by atoms with E-state index in [-0.39, 0.29) is 0 Å². The van der Waals surface area contributed by atoms with Gasteiger partial charge in [0.05, 0.1) is 6.04 Å². The summed E-state index contributed by atoms with van der Waals surface area (Å²) in [6.07, 6.45) is 5.00. The molecule has 1 amide bonds. The summed E-state index contributed by atoms with van der Waals surface area (Å²) >= 11 is 0. The zero-order chi connectivity index (χ0) is 10.3. The average Bonchev–Trinajstić information content (AvgIpc) is 2.75.